The highest BCUT2D eigenvalue weighted by Gasteiger charge is 2.34. The van der Waals surface area contributed by atoms with E-state index in [2.05, 4.69) is 5.32 Å². The van der Waals surface area contributed by atoms with E-state index in [4.69, 9.17) is 0 Å². The monoisotopic (exact) mass is 615 g/mol. The lowest BCUT2D eigenvalue weighted by atomic mass is 10.0. The van der Waals surface area contributed by atoms with Crippen LogP contribution in [0.25, 0.3) is 0 Å². The van der Waals surface area contributed by atoms with E-state index in [1.807, 2.05) is 82.3 Å². The van der Waals surface area contributed by atoms with Crippen molar-refractivity contribution < 1.29 is 22.4 Å². The quantitative estimate of drug-likeness (QED) is 0.218. The number of anilines is 1. The van der Waals surface area contributed by atoms with Crippen molar-refractivity contribution in [3.05, 3.63) is 131 Å². The van der Waals surface area contributed by atoms with Crippen molar-refractivity contribution in [1.82, 2.24) is 10.2 Å². The van der Waals surface area contributed by atoms with Gasteiger partial charge in [-0.15, -0.1) is 0 Å². The number of halogens is 1. The zero-order chi connectivity index (χ0) is 31.9. The Morgan fingerprint density at radius 3 is 2.05 bits per heavy atom. The summed E-state index contributed by atoms with van der Waals surface area (Å²) in [7, 11) is -4.30. The normalized spacial score (nSPS) is 12.0. The second-order valence-corrected chi connectivity index (χ2v) is 13.0. The summed E-state index contributed by atoms with van der Waals surface area (Å²) in [5.74, 6) is -1.48. The summed E-state index contributed by atoms with van der Waals surface area (Å²) in [6, 6.07) is 27.2. The molecule has 0 aliphatic heterocycles. The minimum Gasteiger partial charge on any atom is -0.352 e. The lowest BCUT2D eigenvalue weighted by Gasteiger charge is -2.34. The summed E-state index contributed by atoms with van der Waals surface area (Å²) in [4.78, 5) is 29.5. The number of sulfonamides is 1. The van der Waals surface area contributed by atoms with Gasteiger partial charge in [0.2, 0.25) is 11.8 Å². The third-order valence-corrected chi connectivity index (χ3v) is 8.93. The van der Waals surface area contributed by atoms with Crippen molar-refractivity contribution in [3.63, 3.8) is 0 Å². The lowest BCUT2D eigenvalue weighted by Crippen LogP contribution is -2.54. The van der Waals surface area contributed by atoms with Crippen LogP contribution in [0.2, 0.25) is 0 Å². The maximum absolute atomic E-state index is 14.4. The van der Waals surface area contributed by atoms with Gasteiger partial charge in [0, 0.05) is 19.0 Å². The first-order valence-electron chi connectivity index (χ1n) is 14.5. The summed E-state index contributed by atoms with van der Waals surface area (Å²) in [6.07, 6.45) is 0.228. The fraction of sp³-hybridized carbons (Fsp3) is 0.257. The molecule has 7 nitrogen and oxygen atoms in total. The van der Waals surface area contributed by atoms with Crippen molar-refractivity contribution in [1.29, 1.82) is 0 Å². The number of nitrogens with one attached hydrogen (secondary N) is 1. The third kappa shape index (κ3) is 8.32. The number of rotatable bonds is 12. The molecule has 44 heavy (non-hydrogen) atoms. The number of hydrogen-bond donors (Lipinski definition) is 1. The lowest BCUT2D eigenvalue weighted by molar-refractivity contribution is -0.140. The van der Waals surface area contributed by atoms with Crippen LogP contribution in [-0.4, -0.2) is 43.8 Å². The molecule has 0 radical (unpaired) electrons. The van der Waals surface area contributed by atoms with Crippen LogP contribution in [-0.2, 0) is 32.6 Å². The topological polar surface area (TPSA) is 86.8 Å². The van der Waals surface area contributed by atoms with Gasteiger partial charge in [0.15, 0.2) is 0 Å². The smallest absolute Gasteiger partial charge is 0.264 e. The van der Waals surface area contributed by atoms with Gasteiger partial charge >= 0.3 is 0 Å². The molecule has 1 N–H and O–H groups in total. The maximum atomic E-state index is 14.4. The Morgan fingerprint density at radius 1 is 0.795 bits per heavy atom. The summed E-state index contributed by atoms with van der Waals surface area (Å²) >= 11 is 0. The highest BCUT2D eigenvalue weighted by atomic mass is 32.2. The molecule has 4 aromatic carbocycles. The molecule has 0 bridgehead atoms. The Hall–Kier alpha value is -4.50. The van der Waals surface area contributed by atoms with Gasteiger partial charge in [-0.25, -0.2) is 12.8 Å². The Bertz CT molecular complexity index is 1680. The van der Waals surface area contributed by atoms with Gasteiger partial charge in [-0.1, -0.05) is 77.9 Å². The Morgan fingerprint density at radius 2 is 1.43 bits per heavy atom. The molecule has 0 unspecified atom stereocenters. The van der Waals surface area contributed by atoms with Gasteiger partial charge in [0.25, 0.3) is 10.0 Å². The molecule has 4 rings (SSSR count). The minimum absolute atomic E-state index is 0.0852. The summed E-state index contributed by atoms with van der Waals surface area (Å²) in [5.41, 5.74) is 3.83. The fourth-order valence-electron chi connectivity index (χ4n) is 4.92. The average molecular weight is 616 g/mol. The number of aryl methyl sites for hydroxylation is 2. The van der Waals surface area contributed by atoms with Crippen LogP contribution >= 0.6 is 0 Å². The maximum Gasteiger partial charge on any atom is 0.264 e. The molecule has 230 valence electrons. The molecule has 0 saturated carbocycles. The number of carbonyl (C=O) groups excluding carboxylic acids is 2. The van der Waals surface area contributed by atoms with Gasteiger partial charge in [-0.2, -0.15) is 0 Å². The summed E-state index contributed by atoms with van der Waals surface area (Å²) in [6.45, 7) is 7.02. The van der Waals surface area contributed by atoms with Crippen molar-refractivity contribution in [2.24, 2.45) is 0 Å². The largest absolute Gasteiger partial charge is 0.352 e. The Kier molecular flexibility index (Phi) is 10.5. The molecule has 2 amide bonds. The van der Waals surface area contributed by atoms with Crippen LogP contribution in [0, 0.1) is 19.7 Å². The Balaban J connectivity index is 1.80. The van der Waals surface area contributed by atoms with E-state index in [0.29, 0.717) is 0 Å². The zero-order valence-electron chi connectivity index (χ0n) is 25.4. The molecule has 0 aromatic heterocycles. The molecule has 0 spiro atoms. The predicted octanol–water partition coefficient (Wildman–Crippen LogP) is 5.80. The second-order valence-electron chi connectivity index (χ2n) is 11.2. The van der Waals surface area contributed by atoms with Crippen LogP contribution in [0.4, 0.5) is 10.1 Å². The minimum atomic E-state index is -4.30. The van der Waals surface area contributed by atoms with Crippen LogP contribution in [0.1, 0.15) is 36.1 Å². The SMILES string of the molecule is Cc1ccc(N(CC(=O)N(Cc2cccc(C)c2)[C@H](Cc2ccccc2)C(=O)NC(C)C)S(=O)(=O)c2ccc(F)cc2)cc1. The van der Waals surface area contributed by atoms with Gasteiger partial charge in [-0.05, 0) is 75.2 Å². The number of amides is 2. The van der Waals surface area contributed by atoms with Gasteiger partial charge in [0.05, 0.1) is 10.6 Å². The number of benzene rings is 4. The van der Waals surface area contributed by atoms with Gasteiger partial charge in [0.1, 0.15) is 18.4 Å². The average Bonchev–Trinajstić information content (AvgIpc) is 2.98. The van der Waals surface area contributed by atoms with E-state index >= 15 is 0 Å². The molecule has 4 aromatic rings. The highest BCUT2D eigenvalue weighted by Crippen LogP contribution is 2.26. The van der Waals surface area contributed by atoms with E-state index < -0.39 is 34.3 Å². The summed E-state index contributed by atoms with van der Waals surface area (Å²) in [5, 5.41) is 2.95. The first kappa shape index (κ1) is 32.4. The van der Waals surface area contributed by atoms with Crippen LogP contribution in [0.15, 0.2) is 108 Å². The number of carbonyl (C=O) groups is 2. The molecule has 0 fully saturated rings. The van der Waals surface area contributed by atoms with Crippen LogP contribution in [0.5, 0.6) is 0 Å². The van der Waals surface area contributed by atoms with E-state index in [1.165, 1.54) is 17.0 Å². The first-order chi connectivity index (χ1) is 20.9. The fourth-order valence-corrected chi connectivity index (χ4v) is 6.33. The number of nitrogens with zero attached hydrogens (tertiary/aromatic N) is 2. The molecular formula is C35H38FN3O4S. The van der Waals surface area contributed by atoms with Crippen molar-refractivity contribution in [3.8, 4) is 0 Å². The van der Waals surface area contributed by atoms with E-state index in [1.54, 1.807) is 24.3 Å². The van der Waals surface area contributed by atoms with Gasteiger partial charge in [-0.3, -0.25) is 13.9 Å². The molecule has 9 heteroatoms. The molecular weight excluding hydrogens is 577 g/mol. The molecule has 1 atom stereocenters. The molecule has 0 heterocycles. The first-order valence-corrected chi connectivity index (χ1v) is 15.9. The van der Waals surface area contributed by atoms with Crippen LogP contribution < -0.4 is 9.62 Å². The van der Waals surface area contributed by atoms with Crippen molar-refractivity contribution in [2.45, 2.75) is 57.6 Å². The Labute approximate surface area is 259 Å². The number of hydrogen-bond acceptors (Lipinski definition) is 4. The molecule has 0 aliphatic rings. The standard InChI is InChI=1S/C35H38FN3O4S/c1-25(2)37-35(41)33(22-28-10-6-5-7-11-28)38(23-29-12-8-9-27(4)21-29)34(40)24-39(31-17-13-26(3)14-18-31)44(42,43)32-19-15-30(36)16-20-32/h5-21,25,33H,22-24H2,1-4H3,(H,37,41)/t33-/m1/s1. The molecule has 0 aliphatic carbocycles. The highest BCUT2D eigenvalue weighted by molar-refractivity contribution is 7.92. The van der Waals surface area contributed by atoms with E-state index in [9.17, 15) is 22.4 Å². The van der Waals surface area contributed by atoms with E-state index in [0.717, 1.165) is 38.7 Å². The van der Waals surface area contributed by atoms with Crippen molar-refractivity contribution in [2.75, 3.05) is 10.8 Å². The second kappa shape index (κ2) is 14.3. The van der Waals surface area contributed by atoms with Crippen molar-refractivity contribution >= 4 is 27.5 Å². The molecule has 0 saturated heterocycles. The predicted molar refractivity (Wildman–Crippen MR) is 171 cm³/mol. The van der Waals surface area contributed by atoms with Crippen LogP contribution in [0.3, 0.4) is 0 Å². The van der Waals surface area contributed by atoms with E-state index in [-0.39, 0.29) is 35.5 Å². The van der Waals surface area contributed by atoms with Gasteiger partial charge < -0.3 is 10.2 Å². The third-order valence-electron chi connectivity index (χ3n) is 7.14. The zero-order valence-corrected chi connectivity index (χ0v) is 26.2. The summed E-state index contributed by atoms with van der Waals surface area (Å²) < 4.78 is 42.7.